The number of ether oxygens (including phenoxy) is 2. The SMILES string of the molecule is COc1ccc2c(c1)NC(=O)C2OC(=O)Cc1ccccc1C. The highest BCUT2D eigenvalue weighted by Gasteiger charge is 2.34. The molecule has 2 aromatic rings. The van der Waals surface area contributed by atoms with Crippen molar-refractivity contribution in [3.8, 4) is 5.75 Å². The topological polar surface area (TPSA) is 64.6 Å². The number of rotatable bonds is 4. The maximum atomic E-state index is 12.2. The van der Waals surface area contributed by atoms with Crippen LogP contribution in [0.25, 0.3) is 0 Å². The van der Waals surface area contributed by atoms with Gasteiger partial charge in [0, 0.05) is 11.6 Å². The number of esters is 1. The van der Waals surface area contributed by atoms with Gasteiger partial charge in [-0.3, -0.25) is 9.59 Å². The lowest BCUT2D eigenvalue weighted by atomic mass is 10.1. The first kappa shape index (κ1) is 15.1. The molecule has 1 amide bonds. The molecule has 1 aliphatic heterocycles. The summed E-state index contributed by atoms with van der Waals surface area (Å²) in [6, 6.07) is 12.8. The number of amides is 1. The summed E-state index contributed by atoms with van der Waals surface area (Å²) in [6.07, 6.45) is -0.769. The van der Waals surface area contributed by atoms with Crippen molar-refractivity contribution in [3.63, 3.8) is 0 Å². The van der Waals surface area contributed by atoms with Gasteiger partial charge in [0.25, 0.3) is 5.91 Å². The molecule has 0 aliphatic carbocycles. The maximum absolute atomic E-state index is 12.2. The lowest BCUT2D eigenvalue weighted by Crippen LogP contribution is -2.20. The Labute approximate surface area is 134 Å². The van der Waals surface area contributed by atoms with E-state index in [9.17, 15) is 9.59 Å². The largest absolute Gasteiger partial charge is 0.497 e. The molecule has 0 aromatic heterocycles. The lowest BCUT2D eigenvalue weighted by molar-refractivity contribution is -0.153. The van der Waals surface area contributed by atoms with Gasteiger partial charge in [0.15, 0.2) is 0 Å². The van der Waals surface area contributed by atoms with Crippen LogP contribution in [0.5, 0.6) is 5.75 Å². The van der Waals surface area contributed by atoms with Crippen molar-refractivity contribution in [2.75, 3.05) is 12.4 Å². The molecule has 23 heavy (non-hydrogen) atoms. The number of hydrogen-bond acceptors (Lipinski definition) is 4. The first-order valence-electron chi connectivity index (χ1n) is 7.31. The highest BCUT2D eigenvalue weighted by Crippen LogP contribution is 2.36. The van der Waals surface area contributed by atoms with Crippen LogP contribution in [-0.2, 0) is 20.7 Å². The van der Waals surface area contributed by atoms with Gasteiger partial charge >= 0.3 is 5.97 Å². The molecule has 0 saturated heterocycles. The van der Waals surface area contributed by atoms with Crippen LogP contribution in [0.15, 0.2) is 42.5 Å². The van der Waals surface area contributed by atoms with E-state index in [1.807, 2.05) is 31.2 Å². The molecule has 0 spiro atoms. The van der Waals surface area contributed by atoms with E-state index in [1.54, 1.807) is 25.3 Å². The van der Waals surface area contributed by atoms with E-state index < -0.39 is 12.1 Å². The summed E-state index contributed by atoms with van der Waals surface area (Å²) in [5.74, 6) is -0.134. The van der Waals surface area contributed by atoms with Gasteiger partial charge in [-0.2, -0.15) is 0 Å². The third-order valence-corrected chi connectivity index (χ3v) is 3.88. The minimum absolute atomic E-state index is 0.141. The number of methoxy groups -OCH3 is 1. The zero-order chi connectivity index (χ0) is 16.4. The van der Waals surface area contributed by atoms with Crippen molar-refractivity contribution in [3.05, 3.63) is 59.2 Å². The molecular formula is C18H17NO4. The molecule has 1 unspecified atom stereocenters. The number of nitrogens with one attached hydrogen (secondary N) is 1. The van der Waals surface area contributed by atoms with Crippen molar-refractivity contribution in [1.29, 1.82) is 0 Å². The molecule has 118 valence electrons. The number of aryl methyl sites for hydroxylation is 1. The van der Waals surface area contributed by atoms with E-state index in [0.29, 0.717) is 17.0 Å². The molecule has 0 bridgehead atoms. The van der Waals surface area contributed by atoms with Gasteiger partial charge in [-0.15, -0.1) is 0 Å². The molecule has 5 heteroatoms. The normalized spacial score (nSPS) is 15.7. The summed E-state index contributed by atoms with van der Waals surface area (Å²) in [7, 11) is 1.55. The maximum Gasteiger partial charge on any atom is 0.311 e. The number of benzene rings is 2. The Bertz CT molecular complexity index is 769. The Morgan fingerprint density at radius 1 is 1.22 bits per heavy atom. The van der Waals surface area contributed by atoms with Crippen LogP contribution in [0.4, 0.5) is 5.69 Å². The minimum Gasteiger partial charge on any atom is -0.497 e. The molecule has 1 heterocycles. The fourth-order valence-corrected chi connectivity index (χ4v) is 2.59. The van der Waals surface area contributed by atoms with Crippen LogP contribution in [0, 0.1) is 6.92 Å². The van der Waals surface area contributed by atoms with E-state index >= 15 is 0 Å². The predicted molar refractivity (Wildman–Crippen MR) is 85.3 cm³/mol. The Morgan fingerprint density at radius 3 is 2.74 bits per heavy atom. The predicted octanol–water partition coefficient (Wildman–Crippen LogP) is 2.78. The zero-order valence-corrected chi connectivity index (χ0v) is 13.0. The van der Waals surface area contributed by atoms with E-state index in [-0.39, 0.29) is 12.3 Å². The Morgan fingerprint density at radius 2 is 2.00 bits per heavy atom. The molecule has 0 saturated carbocycles. The lowest BCUT2D eigenvalue weighted by Gasteiger charge is -2.12. The van der Waals surface area contributed by atoms with Gasteiger partial charge < -0.3 is 14.8 Å². The zero-order valence-electron chi connectivity index (χ0n) is 13.0. The van der Waals surface area contributed by atoms with Crippen LogP contribution >= 0.6 is 0 Å². The average molecular weight is 311 g/mol. The standard InChI is InChI=1S/C18H17NO4/c1-11-5-3-4-6-12(11)9-16(20)23-17-14-8-7-13(22-2)10-15(14)19-18(17)21/h3-8,10,17H,9H2,1-2H3,(H,19,21). The van der Waals surface area contributed by atoms with Crippen LogP contribution in [-0.4, -0.2) is 19.0 Å². The van der Waals surface area contributed by atoms with Crippen molar-refractivity contribution in [2.45, 2.75) is 19.4 Å². The fraction of sp³-hybridized carbons (Fsp3) is 0.222. The van der Waals surface area contributed by atoms with E-state index in [2.05, 4.69) is 5.32 Å². The molecule has 0 fully saturated rings. The van der Waals surface area contributed by atoms with Gasteiger partial charge in [0.05, 0.1) is 19.2 Å². The molecular weight excluding hydrogens is 294 g/mol. The minimum atomic E-state index is -0.910. The summed E-state index contributed by atoms with van der Waals surface area (Å²) in [5.41, 5.74) is 3.17. The van der Waals surface area contributed by atoms with Crippen LogP contribution in [0.1, 0.15) is 22.8 Å². The molecule has 0 radical (unpaired) electrons. The second kappa shape index (κ2) is 6.12. The van der Waals surface area contributed by atoms with E-state index in [4.69, 9.17) is 9.47 Å². The van der Waals surface area contributed by atoms with Gasteiger partial charge in [-0.25, -0.2) is 0 Å². The van der Waals surface area contributed by atoms with Crippen LogP contribution in [0.2, 0.25) is 0 Å². The second-order valence-corrected chi connectivity index (χ2v) is 5.42. The van der Waals surface area contributed by atoms with E-state index in [1.165, 1.54) is 0 Å². The fourth-order valence-electron chi connectivity index (χ4n) is 2.59. The van der Waals surface area contributed by atoms with Crippen molar-refractivity contribution >= 4 is 17.6 Å². The van der Waals surface area contributed by atoms with Crippen molar-refractivity contribution < 1.29 is 19.1 Å². The molecule has 5 nitrogen and oxygen atoms in total. The third kappa shape index (κ3) is 3.04. The van der Waals surface area contributed by atoms with Gasteiger partial charge in [-0.1, -0.05) is 24.3 Å². The van der Waals surface area contributed by atoms with Crippen molar-refractivity contribution in [1.82, 2.24) is 0 Å². The van der Waals surface area contributed by atoms with Crippen molar-refractivity contribution in [2.24, 2.45) is 0 Å². The summed E-state index contributed by atoms with van der Waals surface area (Å²) in [6.45, 7) is 1.94. The Balaban J connectivity index is 1.75. The molecule has 2 aromatic carbocycles. The Hall–Kier alpha value is -2.82. The molecule has 3 rings (SSSR count). The summed E-state index contributed by atoms with van der Waals surface area (Å²) in [4.78, 5) is 24.2. The first-order valence-corrected chi connectivity index (χ1v) is 7.31. The second-order valence-electron chi connectivity index (χ2n) is 5.42. The van der Waals surface area contributed by atoms with Gasteiger partial charge in [-0.05, 0) is 30.2 Å². The molecule has 1 aliphatic rings. The highest BCUT2D eigenvalue weighted by molar-refractivity contribution is 6.03. The Kier molecular flexibility index (Phi) is 4.02. The molecule has 1 N–H and O–H groups in total. The quantitative estimate of drug-likeness (QED) is 0.882. The number of anilines is 1. The van der Waals surface area contributed by atoms with Gasteiger partial charge in [0.2, 0.25) is 6.10 Å². The monoisotopic (exact) mass is 311 g/mol. The van der Waals surface area contributed by atoms with Gasteiger partial charge in [0.1, 0.15) is 5.75 Å². The third-order valence-electron chi connectivity index (χ3n) is 3.88. The van der Waals surface area contributed by atoms with Crippen LogP contribution in [0.3, 0.4) is 0 Å². The molecule has 1 atom stereocenters. The highest BCUT2D eigenvalue weighted by atomic mass is 16.5. The number of hydrogen-bond donors (Lipinski definition) is 1. The number of fused-ring (bicyclic) bond motifs is 1. The summed E-state index contributed by atoms with van der Waals surface area (Å²) >= 11 is 0. The number of carbonyl (C=O) groups is 2. The average Bonchev–Trinajstić information content (AvgIpc) is 2.84. The number of carbonyl (C=O) groups excluding carboxylic acids is 2. The summed E-state index contributed by atoms with van der Waals surface area (Å²) < 4.78 is 10.5. The summed E-state index contributed by atoms with van der Waals surface area (Å²) in [5, 5.41) is 2.71. The van der Waals surface area contributed by atoms with E-state index in [0.717, 1.165) is 11.1 Å². The first-order chi connectivity index (χ1) is 11.1. The van der Waals surface area contributed by atoms with Crippen LogP contribution < -0.4 is 10.1 Å². The smallest absolute Gasteiger partial charge is 0.311 e.